The Morgan fingerprint density at radius 2 is 0.892 bits per heavy atom. The molecule has 0 saturated heterocycles. The van der Waals surface area contributed by atoms with Crippen molar-refractivity contribution in [2.24, 2.45) is 5.73 Å². The molecule has 0 heterocycles. The van der Waals surface area contributed by atoms with Gasteiger partial charge in [-0.15, -0.1) is 23.2 Å². The average molecular weight is 1960 g/mol. The number of alkyl halides is 3. The van der Waals surface area contributed by atoms with Gasteiger partial charge in [0.2, 0.25) is 9.23 Å². The molecule has 8 rings (SSSR count). The number of carbonyl (C=O) groups is 3. The van der Waals surface area contributed by atoms with Crippen LogP contribution in [0.5, 0.6) is 0 Å². The Labute approximate surface area is 843 Å². The molecule has 0 fully saturated rings. The number of aliphatic hydroxyl groups excluding tert-OH is 5. The minimum Gasteiger partial charge on any atom is -1.00 e. The fourth-order valence-electron chi connectivity index (χ4n) is 8.59. The number of aliphatic hydroxyl groups is 5. The van der Waals surface area contributed by atoms with E-state index in [4.69, 9.17) is 78.7 Å². The molecule has 3 unspecified atom stereocenters. The number of hydrogen-bond acceptors (Lipinski definition) is 19. The molecule has 0 aliphatic rings. The first-order valence-corrected chi connectivity index (χ1v) is 42.0. The summed E-state index contributed by atoms with van der Waals surface area (Å²) in [4.78, 5) is 39.6. The van der Waals surface area contributed by atoms with Crippen molar-refractivity contribution in [3.63, 3.8) is 0 Å². The van der Waals surface area contributed by atoms with Crippen LogP contribution in [0.3, 0.4) is 0 Å². The van der Waals surface area contributed by atoms with Crippen LogP contribution in [0.25, 0.3) is 0 Å². The zero-order valence-corrected chi connectivity index (χ0v) is 82.0. The number of Topliss-reactive ketones (excluding diaryl/α,β-unsaturated/α-hetero) is 2. The molecule has 20 nitrogen and oxygen atoms in total. The molecule has 0 saturated carbocycles. The van der Waals surface area contributed by atoms with Crippen LogP contribution < -0.4 is 143 Å². The van der Waals surface area contributed by atoms with Gasteiger partial charge in [-0.05, 0) is 174 Å². The number of nitrogens with two attached hydrogens (primary N) is 1. The average Bonchev–Trinajstić information content (AvgIpc) is 0.869. The van der Waals surface area contributed by atoms with E-state index in [-0.39, 0.29) is 250 Å². The van der Waals surface area contributed by atoms with Crippen molar-refractivity contribution in [1.29, 1.82) is 5.26 Å². The molecule has 44 heteroatoms. The Hall–Kier alpha value is -2.26. The second kappa shape index (κ2) is 81.2. The normalized spacial score (nSPS) is 10.8. The maximum absolute atomic E-state index is 13.3. The van der Waals surface area contributed by atoms with Crippen LogP contribution in [0.2, 0.25) is 0 Å². The minimum atomic E-state index is -3.33. The van der Waals surface area contributed by atoms with E-state index < -0.39 is 80.8 Å². The minimum absolute atomic E-state index is 0. The zero-order chi connectivity index (χ0) is 88.7. The molecule has 647 valence electrons. The number of hydrogen-bond donors (Lipinski definition) is 8. The number of nitrogens with zero attached hydrogens (tertiary/aromatic N) is 4. The number of nitriles is 1. The Morgan fingerprint density at radius 1 is 0.592 bits per heavy atom. The Bertz CT molecular complexity index is 4120. The molecule has 0 bridgehead atoms. The first-order chi connectivity index (χ1) is 55.0. The summed E-state index contributed by atoms with van der Waals surface area (Å²) in [6.07, 6.45) is 1.28. The van der Waals surface area contributed by atoms with Crippen LogP contribution in [-0.2, 0) is 56.6 Å². The van der Waals surface area contributed by atoms with E-state index in [2.05, 4.69) is 46.5 Å². The van der Waals surface area contributed by atoms with Crippen LogP contribution in [-0.4, -0.2) is 188 Å². The molecule has 0 amide bonds. The molecule has 9 N–H and O–H groups in total. The van der Waals surface area contributed by atoms with E-state index in [1.807, 2.05) is 18.7 Å². The first-order valence-electron chi connectivity index (χ1n) is 33.8. The van der Waals surface area contributed by atoms with Crippen LogP contribution >= 0.6 is 60.5 Å². The molecule has 8 aromatic rings. The smallest absolute Gasteiger partial charge is 1.00 e. The van der Waals surface area contributed by atoms with E-state index in [0.717, 1.165) is 60.0 Å². The van der Waals surface area contributed by atoms with Crippen LogP contribution in [0.1, 0.15) is 102 Å². The summed E-state index contributed by atoms with van der Waals surface area (Å²) in [5.74, 6) is -8.51. The maximum Gasteiger partial charge on any atom is 1.00 e. The Morgan fingerprint density at radius 3 is 1.19 bits per heavy atom. The summed E-state index contributed by atoms with van der Waals surface area (Å²) >= 11 is 15.9. The molecule has 3 atom stereocenters. The van der Waals surface area contributed by atoms with Gasteiger partial charge < -0.3 is 44.3 Å². The van der Waals surface area contributed by atoms with Gasteiger partial charge in [-0.1, -0.05) is 78.3 Å². The van der Waals surface area contributed by atoms with Crippen LogP contribution in [0.4, 0.5) is 52.7 Å². The van der Waals surface area contributed by atoms with E-state index in [1.54, 1.807) is 34.1 Å². The van der Waals surface area contributed by atoms with Crippen molar-refractivity contribution >= 4 is 123 Å². The van der Waals surface area contributed by atoms with Crippen molar-refractivity contribution < 1.29 is 260 Å². The van der Waals surface area contributed by atoms with Crippen molar-refractivity contribution in [3.8, 4) is 6.07 Å². The molecular weight excluding hydrogens is 1870 g/mol. The summed E-state index contributed by atoms with van der Waals surface area (Å²) in [5, 5.41) is 67.7. The number of benzene rings is 8. The van der Waals surface area contributed by atoms with Crippen molar-refractivity contribution in [2.45, 2.75) is 71.1 Å². The summed E-state index contributed by atoms with van der Waals surface area (Å²) in [6, 6.07) is 38.6. The van der Waals surface area contributed by atoms with Gasteiger partial charge >= 0.3 is 178 Å². The fraction of sp³-hybridized carbons (Fsp3) is 0.316. The Kier molecular flexibility index (Phi) is 88.6. The van der Waals surface area contributed by atoms with E-state index in [1.165, 1.54) is 116 Å². The number of aryl methyl sites for hydroxylation is 1. The van der Waals surface area contributed by atoms with Crippen LogP contribution in [0.15, 0.2) is 170 Å². The van der Waals surface area contributed by atoms with Gasteiger partial charge in [-0.25, -0.2) is 56.9 Å². The van der Waals surface area contributed by atoms with Crippen molar-refractivity contribution in [3.05, 3.63) is 284 Å². The van der Waals surface area contributed by atoms with Crippen LogP contribution in [0, 0.1) is 81.1 Å². The summed E-state index contributed by atoms with van der Waals surface area (Å²) in [5.41, 5.74) is 9.41. The SMILES string of the molecule is CC.CC#N.Fc1ccc(C(Cl)CN(CCCl)Cc2ccc(F)c(F)c2)cc1.NCCO.O=C(CBr)c1ccc(F)cc1.O=C(CN(CCO)Cc1ccc(F)c(F)c1)c1ccc(F)cc1.O=CO[O-].O=S(Cl)Cl.O=[S](O)(=[Mg])OO.OCCCCc1ccc(F)c(F)c1.OCCN(Cc1ccc(F)c(F)c1)CC(O)c1ccc(F)cc1.[B].[H-].[H-].[K+].[K+].[Na+]. The molecule has 120 heavy (non-hydrogen) atoms. The third-order valence-electron chi connectivity index (χ3n) is 13.7. The number of carbonyl (C=O) groups excluding carboxylic acids is 3. The Balaban J connectivity index is -0.000000176. The van der Waals surface area contributed by atoms with E-state index >= 15 is 0 Å². The standard InChI is InChI=1S/C17H16Cl2F3N.C17H18F3NO2.C17H16F3NO2.C10H12F2O.C8H6BrFO.C2H7NO.C2H3N.C2H6.CH2O3.B.Cl2OS.2K.Mg.Na.H2O4S.2H/c18-7-8-23(10-12-1-6-16(21)17(22)9-12)11-15(19)13-2-4-14(20)5-3-13;2*18-14-4-2-13(3-5-14)17(23)11-21(7-8-22)10-12-1-6-15(19)16(20)9-12;11-9-5-4-8(7-10(9)12)3-1-2-6-13;9-5-8(11)6-1-3-7(10)4-2-6;3-1-2-4;1-2-3;1-2;2-1-4-3;;1-4(2)3;;;;;1-4-5(2)3;;/h1-6,9,15H,7-8,10-11H2;1-6,9,17,22-23H,7-8,10-11H2;1-6,9,22H,7-8,10-11H2;4-5,7,13H,1-3,6H2;1-4H,5H2;4H,1-3H2;1H3;1-2H3;1,3H;;;;;;;1H,(H,2,3);;/q;;;;;;;;;;;2*+1;;+1;;2*-1/p-1. The van der Waals surface area contributed by atoms with Gasteiger partial charge in [0.05, 0.1) is 49.2 Å². The van der Waals surface area contributed by atoms with E-state index in [9.17, 15) is 71.6 Å². The molecule has 3 radical (unpaired) electrons. The summed E-state index contributed by atoms with van der Waals surface area (Å²) < 4.78 is 185. The maximum atomic E-state index is 13.3. The number of rotatable bonds is 30. The predicted molar refractivity (Wildman–Crippen MR) is 432 cm³/mol. The number of halogens is 17. The third kappa shape index (κ3) is 67.1. The molecule has 0 aliphatic carbocycles. The molecule has 0 spiro atoms. The van der Waals surface area contributed by atoms with Gasteiger partial charge in [0.25, 0.3) is 6.47 Å². The fourth-order valence-corrected chi connectivity index (χ4v) is 9.50. The monoisotopic (exact) mass is 1960 g/mol. The van der Waals surface area contributed by atoms with Gasteiger partial charge in [-0.2, -0.15) is 5.26 Å². The summed E-state index contributed by atoms with van der Waals surface area (Å²) in [6.45, 7) is 7.99. The predicted octanol–water partition coefficient (Wildman–Crippen LogP) is 5.28. The first kappa shape index (κ1) is 131. The number of unbranched alkanes of at least 4 members (excludes halogenated alkanes) is 1. The topological polar surface area (TPSA) is 328 Å². The van der Waals surface area contributed by atoms with Gasteiger partial charge in [0, 0.05) is 119 Å². The second-order valence-corrected chi connectivity index (χ2v) is 29.8. The van der Waals surface area contributed by atoms with Gasteiger partial charge in [-0.3, -0.25) is 29.1 Å². The zero-order valence-electron chi connectivity index (χ0n) is 68.1. The molecule has 0 aliphatic heterocycles. The van der Waals surface area contributed by atoms with Crippen molar-refractivity contribution in [2.75, 3.05) is 83.5 Å². The second-order valence-electron chi connectivity index (χ2n) is 22.3. The molecule has 0 aromatic heterocycles. The number of ketones is 2. The third-order valence-corrected chi connectivity index (χ3v) is 15.3. The largest absolute Gasteiger partial charge is 1.00 e. The quantitative estimate of drug-likeness (QED) is 0.00327. The summed E-state index contributed by atoms with van der Waals surface area (Å²) in [7, 11) is 4.03. The molecule has 8 aromatic carbocycles. The van der Waals surface area contributed by atoms with Gasteiger partial charge in [0.1, 0.15) is 23.3 Å². The van der Waals surface area contributed by atoms with Crippen molar-refractivity contribution in [1.82, 2.24) is 14.7 Å². The molecular formula is C76H89BBrCl4F12K2MgN5NaO15S2. The van der Waals surface area contributed by atoms with E-state index in [0.29, 0.717) is 98.1 Å². The van der Waals surface area contributed by atoms with Gasteiger partial charge in [0.15, 0.2) is 58.1 Å².